The van der Waals surface area contributed by atoms with Crippen molar-refractivity contribution >= 4 is 28.2 Å². The van der Waals surface area contributed by atoms with Crippen molar-refractivity contribution in [2.24, 2.45) is 0 Å². The summed E-state index contributed by atoms with van der Waals surface area (Å²) in [6.45, 7) is 5.83. The number of fused-ring (bicyclic) bond motifs is 1. The van der Waals surface area contributed by atoms with Crippen LogP contribution in [-0.2, 0) is 4.74 Å². The molecule has 1 amide bonds. The first-order chi connectivity index (χ1) is 18.0. The standard InChI is InChI=1S/C30H28N4O3/c1-19-17-34(18-20(2)37-19)24-13-11-23(12-14-24)33-30(35)27-16-32-28-25(5-4-6-26(28)29(27)36-3)22-9-7-21(15-31)8-10-22/h4-14,16,19-20H,17-18H2,1-3H3,(H,33,35). The van der Waals surface area contributed by atoms with Crippen molar-refractivity contribution in [2.45, 2.75) is 26.1 Å². The van der Waals surface area contributed by atoms with Crippen molar-refractivity contribution < 1.29 is 14.3 Å². The molecule has 3 aromatic carbocycles. The fraction of sp³-hybridized carbons (Fsp3) is 0.233. The molecule has 1 aliphatic heterocycles. The highest BCUT2D eigenvalue weighted by atomic mass is 16.5. The highest BCUT2D eigenvalue weighted by molar-refractivity contribution is 6.10. The van der Waals surface area contributed by atoms with Crippen molar-refractivity contribution in [1.82, 2.24) is 4.98 Å². The molecule has 186 valence electrons. The number of rotatable bonds is 5. The number of nitrogens with zero attached hydrogens (tertiary/aromatic N) is 3. The molecule has 37 heavy (non-hydrogen) atoms. The second-order valence-corrected chi connectivity index (χ2v) is 9.26. The van der Waals surface area contributed by atoms with Crippen LogP contribution >= 0.6 is 0 Å². The number of ether oxygens (including phenoxy) is 2. The monoisotopic (exact) mass is 492 g/mol. The minimum Gasteiger partial charge on any atom is -0.495 e. The summed E-state index contributed by atoms with van der Waals surface area (Å²) < 4.78 is 11.5. The van der Waals surface area contributed by atoms with Crippen molar-refractivity contribution in [3.63, 3.8) is 0 Å². The molecule has 2 atom stereocenters. The van der Waals surface area contributed by atoms with Crippen molar-refractivity contribution in [2.75, 3.05) is 30.4 Å². The van der Waals surface area contributed by atoms with Gasteiger partial charge in [0, 0.05) is 41.6 Å². The van der Waals surface area contributed by atoms with Gasteiger partial charge in [-0.3, -0.25) is 9.78 Å². The quantitative estimate of drug-likeness (QED) is 0.388. The Hall–Kier alpha value is -4.41. The molecule has 1 aliphatic rings. The first kappa shape index (κ1) is 24.3. The van der Waals surface area contributed by atoms with E-state index in [1.807, 2.05) is 54.6 Å². The Morgan fingerprint density at radius 1 is 1.05 bits per heavy atom. The molecule has 5 rings (SSSR count). The Labute approximate surface area is 216 Å². The lowest BCUT2D eigenvalue weighted by Crippen LogP contribution is -2.45. The van der Waals surface area contributed by atoms with Crippen LogP contribution in [0.2, 0.25) is 0 Å². The highest BCUT2D eigenvalue weighted by Gasteiger charge is 2.23. The number of pyridine rings is 1. The fourth-order valence-corrected chi connectivity index (χ4v) is 4.88. The first-order valence-electron chi connectivity index (χ1n) is 12.2. The van der Waals surface area contributed by atoms with Gasteiger partial charge in [0.1, 0.15) is 11.3 Å². The van der Waals surface area contributed by atoms with Crippen LogP contribution in [0.15, 0.2) is 72.9 Å². The van der Waals surface area contributed by atoms with Crippen molar-refractivity contribution in [3.05, 3.63) is 84.1 Å². The molecule has 0 radical (unpaired) electrons. The molecule has 0 bridgehead atoms. The SMILES string of the molecule is COc1c(C(=O)Nc2ccc(N3CC(C)OC(C)C3)cc2)cnc2c(-c3ccc(C#N)cc3)cccc12. The van der Waals surface area contributed by atoms with E-state index in [4.69, 9.17) is 14.7 Å². The minimum absolute atomic E-state index is 0.174. The average Bonchev–Trinajstić information content (AvgIpc) is 2.92. The predicted octanol–water partition coefficient (Wildman–Crippen LogP) is 5.65. The number of nitriles is 1. The molecule has 1 N–H and O–H groups in total. The predicted molar refractivity (Wildman–Crippen MR) is 145 cm³/mol. The number of aromatic nitrogens is 1. The normalized spacial score (nSPS) is 17.3. The maximum absolute atomic E-state index is 13.2. The first-order valence-corrected chi connectivity index (χ1v) is 12.2. The lowest BCUT2D eigenvalue weighted by Gasteiger charge is -2.36. The third-order valence-corrected chi connectivity index (χ3v) is 6.53. The number of amides is 1. The molecule has 7 nitrogen and oxygen atoms in total. The van der Waals surface area contributed by atoms with Crippen LogP contribution in [0.1, 0.15) is 29.8 Å². The Bertz CT molecular complexity index is 1470. The van der Waals surface area contributed by atoms with E-state index in [1.165, 1.54) is 0 Å². The van der Waals surface area contributed by atoms with Crippen LogP contribution in [-0.4, -0.2) is 43.3 Å². The van der Waals surface area contributed by atoms with Gasteiger partial charge in [0.2, 0.25) is 0 Å². The Morgan fingerprint density at radius 2 is 1.76 bits per heavy atom. The third-order valence-electron chi connectivity index (χ3n) is 6.53. The topological polar surface area (TPSA) is 87.5 Å². The smallest absolute Gasteiger partial charge is 0.261 e. The summed E-state index contributed by atoms with van der Waals surface area (Å²) in [5, 5.41) is 12.8. The summed E-state index contributed by atoms with van der Waals surface area (Å²) in [6, 6.07) is 23.1. The van der Waals surface area contributed by atoms with Gasteiger partial charge in [-0.1, -0.05) is 24.3 Å². The van der Waals surface area contributed by atoms with Crippen LogP contribution in [0.3, 0.4) is 0 Å². The van der Waals surface area contributed by atoms with Gasteiger partial charge in [0.05, 0.1) is 36.5 Å². The molecule has 1 fully saturated rings. The lowest BCUT2D eigenvalue weighted by atomic mass is 9.99. The number of hydrogen-bond donors (Lipinski definition) is 1. The molecule has 7 heteroatoms. The second-order valence-electron chi connectivity index (χ2n) is 9.26. The number of nitrogens with one attached hydrogen (secondary N) is 1. The highest BCUT2D eigenvalue weighted by Crippen LogP contribution is 2.35. The van der Waals surface area contributed by atoms with Crippen LogP contribution in [0.4, 0.5) is 11.4 Å². The Morgan fingerprint density at radius 3 is 2.41 bits per heavy atom. The van der Waals surface area contributed by atoms with Crippen LogP contribution in [0, 0.1) is 11.3 Å². The van der Waals surface area contributed by atoms with Crippen molar-refractivity contribution in [1.29, 1.82) is 5.26 Å². The van der Waals surface area contributed by atoms with E-state index in [9.17, 15) is 4.79 Å². The maximum atomic E-state index is 13.2. The fourth-order valence-electron chi connectivity index (χ4n) is 4.88. The Kier molecular flexibility index (Phi) is 6.76. The number of benzene rings is 3. The second kappa shape index (κ2) is 10.3. The van der Waals surface area contributed by atoms with Gasteiger partial charge in [-0.15, -0.1) is 0 Å². The van der Waals surface area contributed by atoms with Crippen LogP contribution in [0.5, 0.6) is 5.75 Å². The van der Waals surface area contributed by atoms with Gasteiger partial charge in [-0.05, 0) is 61.9 Å². The van der Waals surface area contributed by atoms with Gasteiger partial charge in [0.15, 0.2) is 0 Å². The summed E-state index contributed by atoms with van der Waals surface area (Å²) in [5.74, 6) is 0.169. The van der Waals surface area contributed by atoms with E-state index in [-0.39, 0.29) is 18.1 Å². The molecule has 2 unspecified atom stereocenters. The average molecular weight is 493 g/mol. The van der Waals surface area contributed by atoms with Gasteiger partial charge >= 0.3 is 0 Å². The number of carbonyl (C=O) groups excluding carboxylic acids is 1. The van der Waals surface area contributed by atoms with Gasteiger partial charge in [0.25, 0.3) is 5.91 Å². The van der Waals surface area contributed by atoms with Crippen LogP contribution in [0.25, 0.3) is 22.0 Å². The lowest BCUT2D eigenvalue weighted by molar-refractivity contribution is -0.00521. The van der Waals surface area contributed by atoms with E-state index < -0.39 is 0 Å². The molecular formula is C30H28N4O3. The molecule has 4 aromatic rings. The molecule has 0 aliphatic carbocycles. The number of anilines is 2. The van der Waals surface area contributed by atoms with Gasteiger partial charge in [-0.2, -0.15) is 5.26 Å². The van der Waals surface area contributed by atoms with E-state index in [2.05, 4.69) is 35.1 Å². The zero-order chi connectivity index (χ0) is 25.9. The van der Waals surface area contributed by atoms with Gasteiger partial charge < -0.3 is 19.7 Å². The molecular weight excluding hydrogens is 464 g/mol. The minimum atomic E-state index is -0.295. The number of methoxy groups -OCH3 is 1. The van der Waals surface area contributed by atoms with Gasteiger partial charge in [-0.25, -0.2) is 0 Å². The number of carbonyl (C=O) groups is 1. The number of hydrogen-bond acceptors (Lipinski definition) is 6. The van der Waals surface area contributed by atoms with E-state index in [0.29, 0.717) is 22.6 Å². The summed E-state index contributed by atoms with van der Waals surface area (Å²) in [4.78, 5) is 20.2. The Balaban J connectivity index is 1.40. The number of para-hydroxylation sites is 1. The maximum Gasteiger partial charge on any atom is 0.261 e. The van der Waals surface area contributed by atoms with Crippen molar-refractivity contribution in [3.8, 4) is 22.9 Å². The van der Waals surface area contributed by atoms with E-state index >= 15 is 0 Å². The molecule has 2 heterocycles. The molecule has 1 saturated heterocycles. The molecule has 0 saturated carbocycles. The zero-order valence-electron chi connectivity index (χ0n) is 21.1. The summed E-state index contributed by atoms with van der Waals surface area (Å²) in [6.07, 6.45) is 1.90. The summed E-state index contributed by atoms with van der Waals surface area (Å²) >= 11 is 0. The van der Waals surface area contributed by atoms with Crippen LogP contribution < -0.4 is 15.0 Å². The summed E-state index contributed by atoms with van der Waals surface area (Å²) in [7, 11) is 1.55. The summed E-state index contributed by atoms with van der Waals surface area (Å²) in [5.41, 5.74) is 5.29. The largest absolute Gasteiger partial charge is 0.495 e. The zero-order valence-corrected chi connectivity index (χ0v) is 21.1. The van der Waals surface area contributed by atoms with E-state index in [1.54, 1.807) is 25.4 Å². The number of morpholine rings is 1. The molecule has 0 spiro atoms. The molecule has 1 aromatic heterocycles. The third kappa shape index (κ3) is 4.97. The van der Waals surface area contributed by atoms with E-state index in [0.717, 1.165) is 40.8 Å².